The molecular formula is C15H14F2N2O. The molecule has 1 heterocycles. The van der Waals surface area contributed by atoms with Crippen LogP contribution < -0.4 is 5.32 Å². The monoisotopic (exact) mass is 276 g/mol. The molecule has 5 heteroatoms. The van der Waals surface area contributed by atoms with Crippen LogP contribution in [-0.4, -0.2) is 10.9 Å². The van der Waals surface area contributed by atoms with E-state index in [9.17, 15) is 13.6 Å². The quantitative estimate of drug-likeness (QED) is 0.930. The van der Waals surface area contributed by atoms with Gasteiger partial charge in [-0.1, -0.05) is 13.8 Å². The van der Waals surface area contributed by atoms with Crippen molar-refractivity contribution in [3.05, 3.63) is 48.2 Å². The molecule has 20 heavy (non-hydrogen) atoms. The first-order chi connectivity index (χ1) is 9.45. The van der Waals surface area contributed by atoms with Crippen LogP contribution in [0.15, 0.2) is 36.5 Å². The van der Waals surface area contributed by atoms with Gasteiger partial charge in [0.25, 0.3) is 0 Å². The number of pyridine rings is 1. The predicted octanol–water partition coefficient (Wildman–Crippen LogP) is 3.62. The third-order valence-electron chi connectivity index (χ3n) is 2.74. The molecule has 0 bridgehead atoms. The molecule has 0 aliphatic carbocycles. The van der Waals surface area contributed by atoms with Gasteiger partial charge in [-0.25, -0.2) is 13.8 Å². The van der Waals surface area contributed by atoms with Gasteiger partial charge in [-0.15, -0.1) is 0 Å². The first kappa shape index (κ1) is 14.1. The Kier molecular flexibility index (Phi) is 4.08. The Balaban J connectivity index is 2.21. The molecule has 1 aromatic carbocycles. The number of carbonyl (C=O) groups excluding carboxylic acids is 1. The van der Waals surface area contributed by atoms with Crippen molar-refractivity contribution in [2.24, 2.45) is 5.92 Å². The van der Waals surface area contributed by atoms with E-state index in [1.807, 2.05) is 0 Å². The Morgan fingerprint density at radius 2 is 1.75 bits per heavy atom. The van der Waals surface area contributed by atoms with Crippen LogP contribution in [0.5, 0.6) is 0 Å². The summed E-state index contributed by atoms with van der Waals surface area (Å²) in [4.78, 5) is 15.6. The SMILES string of the molecule is CC(C)C(=O)Nc1ccc(-c2cc(F)cc(F)c2)cn1. The molecule has 1 amide bonds. The Morgan fingerprint density at radius 3 is 2.25 bits per heavy atom. The summed E-state index contributed by atoms with van der Waals surface area (Å²) in [5.41, 5.74) is 0.975. The van der Waals surface area contributed by atoms with E-state index in [0.29, 0.717) is 16.9 Å². The maximum Gasteiger partial charge on any atom is 0.228 e. The van der Waals surface area contributed by atoms with Crippen molar-refractivity contribution in [2.45, 2.75) is 13.8 Å². The van der Waals surface area contributed by atoms with Crippen LogP contribution in [0.25, 0.3) is 11.1 Å². The highest BCUT2D eigenvalue weighted by atomic mass is 19.1. The highest BCUT2D eigenvalue weighted by Crippen LogP contribution is 2.22. The van der Waals surface area contributed by atoms with Crippen molar-refractivity contribution >= 4 is 11.7 Å². The third-order valence-corrected chi connectivity index (χ3v) is 2.74. The molecule has 0 unspecified atom stereocenters. The largest absolute Gasteiger partial charge is 0.310 e. The lowest BCUT2D eigenvalue weighted by molar-refractivity contribution is -0.118. The molecule has 104 valence electrons. The fourth-order valence-corrected chi connectivity index (χ4v) is 1.63. The molecule has 0 saturated carbocycles. The molecule has 0 spiro atoms. The van der Waals surface area contributed by atoms with Gasteiger partial charge in [0, 0.05) is 23.7 Å². The van der Waals surface area contributed by atoms with Crippen molar-refractivity contribution in [1.29, 1.82) is 0 Å². The molecule has 1 N–H and O–H groups in total. The van der Waals surface area contributed by atoms with Gasteiger partial charge in [-0.05, 0) is 29.8 Å². The summed E-state index contributed by atoms with van der Waals surface area (Å²) >= 11 is 0. The number of hydrogen-bond acceptors (Lipinski definition) is 2. The van der Waals surface area contributed by atoms with Crippen molar-refractivity contribution < 1.29 is 13.6 Å². The van der Waals surface area contributed by atoms with Crippen LogP contribution in [0.4, 0.5) is 14.6 Å². The topological polar surface area (TPSA) is 42.0 Å². The summed E-state index contributed by atoms with van der Waals surface area (Å²) < 4.78 is 26.3. The second-order valence-corrected chi connectivity index (χ2v) is 4.73. The Morgan fingerprint density at radius 1 is 1.10 bits per heavy atom. The maximum absolute atomic E-state index is 13.1. The van der Waals surface area contributed by atoms with Crippen LogP contribution in [0.3, 0.4) is 0 Å². The molecule has 0 radical (unpaired) electrons. The van der Waals surface area contributed by atoms with Gasteiger partial charge < -0.3 is 5.32 Å². The summed E-state index contributed by atoms with van der Waals surface area (Å²) in [6, 6.07) is 6.52. The van der Waals surface area contributed by atoms with E-state index in [2.05, 4.69) is 10.3 Å². The van der Waals surface area contributed by atoms with E-state index in [1.165, 1.54) is 18.3 Å². The molecule has 2 rings (SSSR count). The molecular weight excluding hydrogens is 262 g/mol. The highest BCUT2D eigenvalue weighted by Gasteiger charge is 2.08. The fraction of sp³-hybridized carbons (Fsp3) is 0.200. The van der Waals surface area contributed by atoms with E-state index in [0.717, 1.165) is 6.07 Å². The van der Waals surface area contributed by atoms with E-state index >= 15 is 0 Å². The van der Waals surface area contributed by atoms with E-state index < -0.39 is 11.6 Å². The number of benzene rings is 1. The van der Waals surface area contributed by atoms with Crippen molar-refractivity contribution in [2.75, 3.05) is 5.32 Å². The van der Waals surface area contributed by atoms with Crippen molar-refractivity contribution in [3.63, 3.8) is 0 Å². The number of anilines is 1. The van der Waals surface area contributed by atoms with Crippen LogP contribution in [0.1, 0.15) is 13.8 Å². The molecule has 0 fully saturated rings. The summed E-state index contributed by atoms with van der Waals surface area (Å²) in [7, 11) is 0. The first-order valence-corrected chi connectivity index (χ1v) is 6.19. The number of rotatable bonds is 3. The molecule has 0 aliphatic rings. The van der Waals surface area contributed by atoms with Crippen LogP contribution >= 0.6 is 0 Å². The zero-order valence-electron chi connectivity index (χ0n) is 11.2. The molecule has 1 aromatic heterocycles. The van der Waals surface area contributed by atoms with E-state index in [-0.39, 0.29) is 11.8 Å². The summed E-state index contributed by atoms with van der Waals surface area (Å²) in [6.07, 6.45) is 1.46. The Labute approximate surface area is 115 Å². The number of aromatic nitrogens is 1. The lowest BCUT2D eigenvalue weighted by Gasteiger charge is -2.08. The lowest BCUT2D eigenvalue weighted by atomic mass is 10.1. The van der Waals surface area contributed by atoms with Crippen molar-refractivity contribution in [1.82, 2.24) is 4.98 Å². The minimum absolute atomic E-state index is 0.137. The number of nitrogens with zero attached hydrogens (tertiary/aromatic N) is 1. The lowest BCUT2D eigenvalue weighted by Crippen LogP contribution is -2.18. The second kappa shape index (κ2) is 5.77. The van der Waals surface area contributed by atoms with Crippen LogP contribution in [-0.2, 0) is 4.79 Å². The number of amides is 1. The smallest absolute Gasteiger partial charge is 0.228 e. The van der Waals surface area contributed by atoms with Crippen LogP contribution in [0, 0.1) is 17.6 Å². The number of halogens is 2. The van der Waals surface area contributed by atoms with Gasteiger partial charge in [0.05, 0.1) is 0 Å². The first-order valence-electron chi connectivity index (χ1n) is 6.19. The zero-order chi connectivity index (χ0) is 14.7. The second-order valence-electron chi connectivity index (χ2n) is 4.73. The molecule has 0 atom stereocenters. The maximum atomic E-state index is 13.1. The highest BCUT2D eigenvalue weighted by molar-refractivity contribution is 5.91. The average Bonchev–Trinajstić information content (AvgIpc) is 2.38. The number of nitrogens with one attached hydrogen (secondary N) is 1. The minimum Gasteiger partial charge on any atom is -0.310 e. The van der Waals surface area contributed by atoms with Gasteiger partial charge in [0.15, 0.2) is 0 Å². The molecule has 0 aliphatic heterocycles. The molecule has 0 saturated heterocycles. The van der Waals surface area contributed by atoms with Gasteiger partial charge in [-0.3, -0.25) is 4.79 Å². The van der Waals surface area contributed by atoms with Gasteiger partial charge in [-0.2, -0.15) is 0 Å². The summed E-state index contributed by atoms with van der Waals surface area (Å²) in [5, 5.41) is 2.64. The van der Waals surface area contributed by atoms with Gasteiger partial charge >= 0.3 is 0 Å². The van der Waals surface area contributed by atoms with E-state index in [1.54, 1.807) is 26.0 Å². The summed E-state index contributed by atoms with van der Waals surface area (Å²) in [6.45, 7) is 3.55. The van der Waals surface area contributed by atoms with Crippen molar-refractivity contribution in [3.8, 4) is 11.1 Å². The predicted molar refractivity (Wildman–Crippen MR) is 73.1 cm³/mol. The fourth-order valence-electron chi connectivity index (χ4n) is 1.63. The van der Waals surface area contributed by atoms with Crippen LogP contribution in [0.2, 0.25) is 0 Å². The minimum atomic E-state index is -0.641. The standard InChI is InChI=1S/C15H14F2N2O/c1-9(2)15(20)19-14-4-3-10(8-18-14)11-5-12(16)7-13(17)6-11/h3-9H,1-2H3,(H,18,19,20). The number of carbonyl (C=O) groups is 1. The number of hydrogen-bond donors (Lipinski definition) is 1. The third kappa shape index (κ3) is 3.38. The average molecular weight is 276 g/mol. The summed E-state index contributed by atoms with van der Waals surface area (Å²) in [5.74, 6) is -1.16. The Bertz CT molecular complexity index is 604. The normalized spacial score (nSPS) is 10.7. The van der Waals surface area contributed by atoms with Gasteiger partial charge in [0.1, 0.15) is 17.5 Å². The van der Waals surface area contributed by atoms with Gasteiger partial charge in [0.2, 0.25) is 5.91 Å². The molecule has 2 aromatic rings. The zero-order valence-corrected chi connectivity index (χ0v) is 11.2. The Hall–Kier alpha value is -2.30. The molecule has 3 nitrogen and oxygen atoms in total. The van der Waals surface area contributed by atoms with E-state index in [4.69, 9.17) is 0 Å².